The highest BCUT2D eigenvalue weighted by molar-refractivity contribution is 5.73. The van der Waals surface area contributed by atoms with Gasteiger partial charge in [-0.1, -0.05) is 6.92 Å². The smallest absolute Gasteiger partial charge is 0.314 e. The van der Waals surface area contributed by atoms with Crippen LogP contribution in [-0.2, 0) is 4.74 Å². The molecule has 0 spiro atoms. The minimum absolute atomic E-state index is 0.109. The molecule has 0 aromatic heterocycles. The number of hydrogen-bond acceptors (Lipinski definition) is 2. The number of hydrogen-bond donors (Lipinski definition) is 2. The molecule has 2 N–H and O–H groups in total. The summed E-state index contributed by atoms with van der Waals surface area (Å²) in [7, 11) is 1.62. The molecule has 1 fully saturated rings. The molecule has 0 saturated carbocycles. The molecule has 1 aliphatic heterocycles. The maximum absolute atomic E-state index is 10.9. The topological polar surface area (TPSA) is 50.4 Å². The molecule has 1 aliphatic rings. The summed E-state index contributed by atoms with van der Waals surface area (Å²) in [6, 6.07) is -0.109. The van der Waals surface area contributed by atoms with Gasteiger partial charge in [-0.05, 0) is 12.8 Å². The first kappa shape index (κ1) is 10.3. The molecule has 0 radical (unpaired) electrons. The van der Waals surface area contributed by atoms with Crippen LogP contribution in [0, 0.1) is 5.92 Å². The maximum atomic E-state index is 10.9. The minimum Gasteiger partial charge on any atom is -0.378 e. The number of rotatable bonds is 3. The Hall–Kier alpha value is -0.770. The van der Waals surface area contributed by atoms with Crippen molar-refractivity contribution >= 4 is 6.03 Å². The Morgan fingerprint density at radius 1 is 1.62 bits per heavy atom. The molecule has 2 atom stereocenters. The molecule has 0 aliphatic carbocycles. The van der Waals surface area contributed by atoms with Crippen molar-refractivity contribution in [2.75, 3.05) is 20.2 Å². The summed E-state index contributed by atoms with van der Waals surface area (Å²) in [6.45, 7) is 3.67. The van der Waals surface area contributed by atoms with Crippen molar-refractivity contribution < 1.29 is 9.53 Å². The third kappa shape index (κ3) is 2.88. The van der Waals surface area contributed by atoms with Crippen molar-refractivity contribution in [3.8, 4) is 0 Å². The lowest BCUT2D eigenvalue weighted by Crippen LogP contribution is -2.37. The second-order valence-electron chi connectivity index (χ2n) is 3.33. The average molecular weight is 186 g/mol. The first-order valence-electron chi connectivity index (χ1n) is 4.85. The van der Waals surface area contributed by atoms with E-state index in [0.717, 1.165) is 26.0 Å². The number of amides is 2. The first-order valence-corrected chi connectivity index (χ1v) is 4.85. The summed E-state index contributed by atoms with van der Waals surface area (Å²) in [6.07, 6.45) is 2.42. The number of urea groups is 1. The molecular weight excluding hydrogens is 168 g/mol. The van der Waals surface area contributed by atoms with Gasteiger partial charge >= 0.3 is 6.03 Å². The van der Waals surface area contributed by atoms with Gasteiger partial charge in [-0.25, -0.2) is 4.79 Å². The van der Waals surface area contributed by atoms with E-state index in [-0.39, 0.29) is 6.03 Å². The number of ether oxygens (including phenoxy) is 1. The van der Waals surface area contributed by atoms with Gasteiger partial charge in [0.2, 0.25) is 0 Å². The summed E-state index contributed by atoms with van der Waals surface area (Å²) < 4.78 is 5.51. The molecule has 76 valence electrons. The minimum atomic E-state index is -0.109. The summed E-state index contributed by atoms with van der Waals surface area (Å²) in [5, 5.41) is 5.34. The molecule has 1 heterocycles. The Bertz CT molecular complexity index is 173. The SMILES string of the molecule is CCC1OCCC1CNC(=O)NC. The van der Waals surface area contributed by atoms with Gasteiger partial charge in [0.1, 0.15) is 0 Å². The lowest BCUT2D eigenvalue weighted by atomic mass is 10.00. The zero-order valence-electron chi connectivity index (χ0n) is 8.30. The quantitative estimate of drug-likeness (QED) is 0.682. The van der Waals surface area contributed by atoms with Crippen LogP contribution in [0.3, 0.4) is 0 Å². The highest BCUT2D eigenvalue weighted by atomic mass is 16.5. The predicted octanol–water partition coefficient (Wildman–Crippen LogP) is 0.731. The Kier molecular flexibility index (Phi) is 4.02. The third-order valence-corrected chi connectivity index (χ3v) is 2.50. The zero-order valence-corrected chi connectivity index (χ0v) is 8.30. The van der Waals surface area contributed by atoms with E-state index in [1.807, 2.05) is 0 Å². The van der Waals surface area contributed by atoms with Gasteiger partial charge in [0, 0.05) is 26.1 Å². The van der Waals surface area contributed by atoms with Crippen molar-refractivity contribution in [3.05, 3.63) is 0 Å². The van der Waals surface area contributed by atoms with Crippen LogP contribution in [0.5, 0.6) is 0 Å². The Labute approximate surface area is 79.0 Å². The van der Waals surface area contributed by atoms with Crippen molar-refractivity contribution in [2.24, 2.45) is 5.92 Å². The Balaban J connectivity index is 2.23. The summed E-state index contributed by atoms with van der Waals surface area (Å²) in [5.41, 5.74) is 0. The summed E-state index contributed by atoms with van der Waals surface area (Å²) >= 11 is 0. The summed E-state index contributed by atoms with van der Waals surface area (Å²) in [5.74, 6) is 0.488. The van der Waals surface area contributed by atoms with E-state index in [9.17, 15) is 4.79 Å². The van der Waals surface area contributed by atoms with Crippen LogP contribution >= 0.6 is 0 Å². The molecule has 1 rings (SSSR count). The molecule has 1 saturated heterocycles. The van der Waals surface area contributed by atoms with Crippen LogP contribution in [0.25, 0.3) is 0 Å². The fourth-order valence-corrected chi connectivity index (χ4v) is 1.69. The molecule has 4 nitrogen and oxygen atoms in total. The van der Waals surface area contributed by atoms with Crippen LogP contribution in [-0.4, -0.2) is 32.3 Å². The standard InChI is InChI=1S/C9H18N2O2/c1-3-8-7(4-5-13-8)6-11-9(12)10-2/h7-8H,3-6H2,1-2H3,(H2,10,11,12). The highest BCUT2D eigenvalue weighted by Gasteiger charge is 2.26. The van der Waals surface area contributed by atoms with Crippen LogP contribution < -0.4 is 10.6 Å². The van der Waals surface area contributed by atoms with Gasteiger partial charge in [0.15, 0.2) is 0 Å². The van der Waals surface area contributed by atoms with Gasteiger partial charge in [0.05, 0.1) is 6.10 Å². The Morgan fingerprint density at radius 3 is 3.00 bits per heavy atom. The zero-order chi connectivity index (χ0) is 9.68. The molecule has 2 unspecified atom stereocenters. The number of carbonyl (C=O) groups excluding carboxylic acids is 1. The molecule has 2 amide bonds. The maximum Gasteiger partial charge on any atom is 0.314 e. The van der Waals surface area contributed by atoms with Crippen LogP contribution in [0.2, 0.25) is 0 Å². The van der Waals surface area contributed by atoms with E-state index < -0.39 is 0 Å². The van der Waals surface area contributed by atoms with Crippen molar-refractivity contribution in [1.82, 2.24) is 10.6 Å². The highest BCUT2D eigenvalue weighted by Crippen LogP contribution is 2.22. The van der Waals surface area contributed by atoms with E-state index >= 15 is 0 Å². The van der Waals surface area contributed by atoms with Gasteiger partial charge in [0.25, 0.3) is 0 Å². The fraction of sp³-hybridized carbons (Fsp3) is 0.889. The average Bonchev–Trinajstić information content (AvgIpc) is 2.61. The fourth-order valence-electron chi connectivity index (χ4n) is 1.69. The van der Waals surface area contributed by atoms with Gasteiger partial charge < -0.3 is 15.4 Å². The third-order valence-electron chi connectivity index (χ3n) is 2.50. The van der Waals surface area contributed by atoms with Gasteiger partial charge in [-0.3, -0.25) is 0 Å². The lowest BCUT2D eigenvalue weighted by molar-refractivity contribution is 0.0878. The molecule has 0 bridgehead atoms. The predicted molar refractivity (Wildman–Crippen MR) is 50.6 cm³/mol. The van der Waals surface area contributed by atoms with E-state index in [2.05, 4.69) is 17.6 Å². The first-order chi connectivity index (χ1) is 6.27. The normalized spacial score (nSPS) is 27.2. The second-order valence-corrected chi connectivity index (χ2v) is 3.33. The monoisotopic (exact) mass is 186 g/mol. The molecule has 4 heteroatoms. The molecule has 13 heavy (non-hydrogen) atoms. The van der Waals surface area contributed by atoms with Crippen molar-refractivity contribution in [2.45, 2.75) is 25.9 Å². The van der Waals surface area contributed by atoms with Crippen molar-refractivity contribution in [3.63, 3.8) is 0 Å². The van der Waals surface area contributed by atoms with Gasteiger partial charge in [-0.15, -0.1) is 0 Å². The van der Waals surface area contributed by atoms with E-state index in [1.54, 1.807) is 7.05 Å². The van der Waals surface area contributed by atoms with Crippen molar-refractivity contribution in [1.29, 1.82) is 0 Å². The summed E-state index contributed by atoms with van der Waals surface area (Å²) in [4.78, 5) is 10.9. The van der Waals surface area contributed by atoms with Gasteiger partial charge in [-0.2, -0.15) is 0 Å². The van der Waals surface area contributed by atoms with Crippen LogP contribution in [0.15, 0.2) is 0 Å². The van der Waals surface area contributed by atoms with E-state index in [4.69, 9.17) is 4.74 Å². The Morgan fingerprint density at radius 2 is 2.38 bits per heavy atom. The molecule has 0 aromatic rings. The van der Waals surface area contributed by atoms with E-state index in [0.29, 0.717) is 12.0 Å². The van der Waals surface area contributed by atoms with Crippen LogP contribution in [0.1, 0.15) is 19.8 Å². The number of carbonyl (C=O) groups is 1. The molecular formula is C9H18N2O2. The molecule has 0 aromatic carbocycles. The van der Waals surface area contributed by atoms with Crippen LogP contribution in [0.4, 0.5) is 4.79 Å². The van der Waals surface area contributed by atoms with E-state index in [1.165, 1.54) is 0 Å². The second kappa shape index (κ2) is 5.07. The number of nitrogens with one attached hydrogen (secondary N) is 2. The largest absolute Gasteiger partial charge is 0.378 e. The lowest BCUT2D eigenvalue weighted by Gasteiger charge is -2.16.